The first kappa shape index (κ1) is 29.5. The molecule has 3 aliphatic rings. The van der Waals surface area contributed by atoms with Crippen molar-refractivity contribution in [1.82, 2.24) is 9.88 Å². The molecule has 4 heterocycles. The molecule has 0 spiro atoms. The van der Waals surface area contributed by atoms with E-state index in [0.717, 1.165) is 80.7 Å². The number of ether oxygens (including phenoxy) is 2. The Morgan fingerprint density at radius 3 is 2.92 bits per heavy atom. The maximum Gasteiger partial charge on any atom is 0.325 e. The summed E-state index contributed by atoms with van der Waals surface area (Å²) in [6, 6.07) is 11.6. The van der Waals surface area contributed by atoms with Crippen molar-refractivity contribution in [1.29, 1.82) is 0 Å². The smallest absolute Gasteiger partial charge is 0.325 e. The quantitative estimate of drug-likeness (QED) is 0.350. The van der Waals surface area contributed by atoms with E-state index in [-0.39, 0.29) is 25.0 Å². The first-order valence-electron chi connectivity index (χ1n) is 14.4. The van der Waals surface area contributed by atoms with E-state index in [1.165, 1.54) is 12.0 Å². The molecule has 2 saturated heterocycles. The van der Waals surface area contributed by atoms with Crippen LogP contribution >= 0.6 is 0 Å². The summed E-state index contributed by atoms with van der Waals surface area (Å²) in [6.07, 6.45) is 8.05. The number of hydrogen-bond acceptors (Lipinski definition) is 6. The number of aryl methyl sites for hydroxylation is 2. The van der Waals surface area contributed by atoms with Gasteiger partial charge in [-0.1, -0.05) is 51.6 Å². The summed E-state index contributed by atoms with van der Waals surface area (Å²) in [6.45, 7) is 8.31. The molecule has 3 aliphatic heterocycles. The first-order valence-corrected chi connectivity index (χ1v) is 14.4. The summed E-state index contributed by atoms with van der Waals surface area (Å²) >= 11 is 0. The van der Waals surface area contributed by atoms with Crippen LogP contribution in [-0.2, 0) is 27.1 Å². The normalized spacial score (nSPS) is 23.3. The van der Waals surface area contributed by atoms with Crippen molar-refractivity contribution >= 4 is 11.8 Å². The summed E-state index contributed by atoms with van der Waals surface area (Å²) in [4.78, 5) is 19.4. The van der Waals surface area contributed by atoms with Crippen LogP contribution in [0.25, 0.3) is 0 Å². The highest BCUT2D eigenvalue weighted by molar-refractivity contribution is 5.76. The van der Waals surface area contributed by atoms with Crippen molar-refractivity contribution in [3.05, 3.63) is 58.8 Å². The van der Waals surface area contributed by atoms with Crippen LogP contribution < -0.4 is 5.32 Å². The summed E-state index contributed by atoms with van der Waals surface area (Å²) < 4.78 is 12.4. The molecule has 0 aliphatic carbocycles. The molecule has 3 atom stereocenters. The lowest BCUT2D eigenvalue weighted by atomic mass is 9.79. The molecular formula is C32H47N3O4. The predicted molar refractivity (Wildman–Crippen MR) is 155 cm³/mol. The number of carboxylic acid groups (broad SMARTS) is 1. The summed E-state index contributed by atoms with van der Waals surface area (Å²) in [7, 11) is 0. The monoisotopic (exact) mass is 537 g/mol. The van der Waals surface area contributed by atoms with Crippen molar-refractivity contribution in [3.63, 3.8) is 0 Å². The lowest BCUT2D eigenvalue weighted by Gasteiger charge is -2.37. The molecule has 0 amide bonds. The first-order chi connectivity index (χ1) is 18.4. The molecule has 2 N–H and O–H groups in total. The number of unbranched alkanes of at least 4 members (excludes halogenated alkanes) is 1. The molecule has 0 saturated carbocycles. The number of hydrogen-bond donors (Lipinski definition) is 2. The Labute approximate surface area is 234 Å². The number of nitrogens with zero attached hydrogens (tertiary/aromatic N) is 2. The minimum atomic E-state index is -0.805. The minimum Gasteiger partial charge on any atom is -0.480 e. The molecule has 1 aromatic heterocycles. The molecule has 39 heavy (non-hydrogen) atoms. The van der Waals surface area contributed by atoms with Crippen LogP contribution in [0.1, 0.15) is 94.3 Å². The van der Waals surface area contributed by atoms with E-state index in [1.807, 2.05) is 18.2 Å². The van der Waals surface area contributed by atoms with Gasteiger partial charge in [0.15, 0.2) is 0 Å². The van der Waals surface area contributed by atoms with Crippen molar-refractivity contribution in [2.75, 3.05) is 38.2 Å². The van der Waals surface area contributed by atoms with Crippen LogP contribution in [0.4, 0.5) is 5.82 Å². The number of pyridine rings is 1. The highest BCUT2D eigenvalue weighted by atomic mass is 16.5. The zero-order valence-corrected chi connectivity index (χ0v) is 23.0. The van der Waals surface area contributed by atoms with Gasteiger partial charge in [0, 0.05) is 38.5 Å². The fraction of sp³-hybridized carbons (Fsp3) is 0.625. The third kappa shape index (κ3) is 7.38. The van der Waals surface area contributed by atoms with Crippen LogP contribution in [0.15, 0.2) is 36.4 Å². The maximum absolute atomic E-state index is 12.5. The predicted octanol–water partition coefficient (Wildman–Crippen LogP) is 6.19. The number of likely N-dealkylation sites (tertiary alicyclic amines) is 1. The topological polar surface area (TPSA) is 83.9 Å². The van der Waals surface area contributed by atoms with Gasteiger partial charge in [0.25, 0.3) is 0 Å². The molecule has 214 valence electrons. The number of fused-ring (bicyclic) bond motifs is 1. The zero-order valence-electron chi connectivity index (χ0n) is 23.0. The van der Waals surface area contributed by atoms with Crippen molar-refractivity contribution in [2.24, 2.45) is 5.41 Å². The molecule has 0 radical (unpaired) electrons. The Kier molecular flexibility index (Phi) is 10.0. The van der Waals surface area contributed by atoms with Crippen molar-refractivity contribution in [3.8, 4) is 0 Å². The van der Waals surface area contributed by atoms with E-state index < -0.39 is 12.0 Å². The Morgan fingerprint density at radius 2 is 2.10 bits per heavy atom. The average molecular weight is 538 g/mol. The van der Waals surface area contributed by atoms with Crippen molar-refractivity contribution in [2.45, 2.75) is 90.9 Å². The molecule has 7 nitrogen and oxygen atoms in total. The van der Waals surface area contributed by atoms with Gasteiger partial charge < -0.3 is 19.9 Å². The largest absolute Gasteiger partial charge is 0.480 e. The Morgan fingerprint density at radius 1 is 1.26 bits per heavy atom. The molecule has 1 aromatic carbocycles. The van der Waals surface area contributed by atoms with Crippen LogP contribution in [0.5, 0.6) is 0 Å². The molecule has 2 fully saturated rings. The highest BCUT2D eigenvalue weighted by Gasteiger charge is 2.38. The number of anilines is 1. The van der Waals surface area contributed by atoms with Gasteiger partial charge in [-0.15, -0.1) is 0 Å². The van der Waals surface area contributed by atoms with E-state index in [1.54, 1.807) is 0 Å². The van der Waals surface area contributed by atoms with E-state index >= 15 is 0 Å². The van der Waals surface area contributed by atoms with E-state index in [9.17, 15) is 9.90 Å². The molecule has 0 unspecified atom stereocenters. The van der Waals surface area contributed by atoms with Gasteiger partial charge in [-0.25, -0.2) is 4.98 Å². The van der Waals surface area contributed by atoms with Crippen molar-refractivity contribution < 1.29 is 19.4 Å². The summed E-state index contributed by atoms with van der Waals surface area (Å²) in [5, 5.41) is 13.7. The lowest BCUT2D eigenvalue weighted by Crippen LogP contribution is -2.35. The van der Waals surface area contributed by atoms with Gasteiger partial charge in [-0.2, -0.15) is 0 Å². The van der Waals surface area contributed by atoms with Crippen LogP contribution in [0, 0.1) is 5.41 Å². The molecule has 2 aromatic rings. The van der Waals surface area contributed by atoms with Gasteiger partial charge in [0.2, 0.25) is 0 Å². The van der Waals surface area contributed by atoms with Gasteiger partial charge in [-0.3, -0.25) is 9.69 Å². The zero-order chi connectivity index (χ0) is 26.5. The molecule has 0 bridgehead atoms. The number of benzene rings is 1. The van der Waals surface area contributed by atoms with E-state index in [4.69, 9.17) is 14.5 Å². The number of rotatable bonds is 10. The SMILES string of the molecule is C.CC1(C)CCO[C@@H](c2ccccc2[C@@H](C(=O)O)N2CC[C@@H](OCCCCc3ccc4c(n3)NCCC4)C2)C1. The number of aromatic nitrogens is 1. The molecular weight excluding hydrogens is 490 g/mol. The maximum atomic E-state index is 12.5. The van der Waals surface area contributed by atoms with Gasteiger partial charge in [-0.05, 0) is 79.5 Å². The van der Waals surface area contributed by atoms with Crippen LogP contribution in [-0.4, -0.2) is 59.9 Å². The van der Waals surface area contributed by atoms with Gasteiger partial charge in [0.1, 0.15) is 11.9 Å². The Hall–Kier alpha value is -2.48. The number of nitrogens with one attached hydrogen (secondary N) is 1. The standard InChI is InChI=1S/C31H43N3O4.CH4/c1-31(2)15-19-38-27(20-31)25-10-3-4-11-26(25)28(30(35)36)34-17-14-24(21-34)37-18-6-5-9-23-13-12-22-8-7-16-32-29(22)33-23;/h3-4,10-13,24,27-28H,5-9,14-21H2,1-2H3,(H,32,33)(H,35,36);1H4/t24-,27-,28+;/m1./s1. The second-order valence-corrected chi connectivity index (χ2v) is 11.9. The van der Waals surface area contributed by atoms with Gasteiger partial charge >= 0.3 is 5.97 Å². The van der Waals surface area contributed by atoms with Crippen LogP contribution in [0.3, 0.4) is 0 Å². The Balaban J connectivity index is 0.00000353. The highest BCUT2D eigenvalue weighted by Crippen LogP contribution is 2.42. The van der Waals surface area contributed by atoms with Crippen LogP contribution in [0.2, 0.25) is 0 Å². The second kappa shape index (κ2) is 13.2. The average Bonchev–Trinajstić information content (AvgIpc) is 3.36. The molecule has 5 rings (SSSR count). The van der Waals surface area contributed by atoms with E-state index in [0.29, 0.717) is 19.8 Å². The summed E-state index contributed by atoms with van der Waals surface area (Å²) in [5.41, 5.74) is 4.53. The minimum absolute atomic E-state index is 0. The van der Waals surface area contributed by atoms with E-state index in [2.05, 4.69) is 42.3 Å². The third-order valence-electron chi connectivity index (χ3n) is 8.38. The number of carboxylic acids is 1. The number of aliphatic carboxylic acids is 1. The third-order valence-corrected chi connectivity index (χ3v) is 8.38. The Bertz CT molecular complexity index is 1100. The van der Waals surface area contributed by atoms with Gasteiger partial charge in [0.05, 0.1) is 12.2 Å². The fourth-order valence-electron chi connectivity index (χ4n) is 6.17. The molecule has 7 heteroatoms. The number of carbonyl (C=O) groups is 1. The summed E-state index contributed by atoms with van der Waals surface area (Å²) in [5.74, 6) is 0.254. The fourth-order valence-corrected chi connectivity index (χ4v) is 6.17. The second-order valence-electron chi connectivity index (χ2n) is 11.9. The lowest BCUT2D eigenvalue weighted by molar-refractivity contribution is -0.143.